The highest BCUT2D eigenvalue weighted by molar-refractivity contribution is 7.91. The fourth-order valence-corrected chi connectivity index (χ4v) is 3.16. The van der Waals surface area contributed by atoms with Gasteiger partial charge < -0.3 is 15.8 Å². The Labute approximate surface area is 109 Å². The lowest BCUT2D eigenvalue weighted by Gasteiger charge is -2.06. The Balaban J connectivity index is 2.45. The summed E-state index contributed by atoms with van der Waals surface area (Å²) in [6, 6.07) is 1.34. The molecule has 0 atom stereocenters. The zero-order chi connectivity index (χ0) is 13.6. The first-order chi connectivity index (χ1) is 8.45. The van der Waals surface area contributed by atoms with Crippen LogP contribution in [0.5, 0.6) is 0 Å². The molecule has 0 radical (unpaired) electrons. The van der Waals surface area contributed by atoms with E-state index in [1.54, 1.807) is 0 Å². The third kappa shape index (κ3) is 4.61. The van der Waals surface area contributed by atoms with Crippen molar-refractivity contribution in [2.75, 3.05) is 32.5 Å². The number of hydrogen-bond acceptors (Lipinski definition) is 6. The maximum atomic E-state index is 11.7. The van der Waals surface area contributed by atoms with Crippen molar-refractivity contribution in [2.45, 2.75) is 4.21 Å². The summed E-state index contributed by atoms with van der Waals surface area (Å²) in [5, 5.41) is 4.02. The van der Waals surface area contributed by atoms with Crippen molar-refractivity contribution in [3.63, 3.8) is 0 Å². The molecule has 7 nitrogen and oxygen atoms in total. The average Bonchev–Trinajstić information content (AvgIpc) is 2.75. The van der Waals surface area contributed by atoms with Crippen molar-refractivity contribution < 1.29 is 17.9 Å². The van der Waals surface area contributed by atoms with Gasteiger partial charge in [0.25, 0.3) is 10.0 Å². The van der Waals surface area contributed by atoms with Crippen LogP contribution >= 0.6 is 11.3 Å². The van der Waals surface area contributed by atoms with Crippen molar-refractivity contribution in [2.24, 2.45) is 0 Å². The fourth-order valence-electron chi connectivity index (χ4n) is 1.06. The van der Waals surface area contributed by atoms with E-state index in [4.69, 9.17) is 10.5 Å². The molecule has 0 saturated carbocycles. The number of thiophene rings is 1. The third-order valence-electron chi connectivity index (χ3n) is 1.91. The van der Waals surface area contributed by atoms with Gasteiger partial charge in [0.2, 0.25) is 5.91 Å². The van der Waals surface area contributed by atoms with Crippen LogP contribution in [0.3, 0.4) is 0 Å². The lowest BCUT2D eigenvalue weighted by atomic mass is 10.6. The number of carbonyl (C=O) groups is 1. The standard InChI is InChI=1S/C9H15N3O4S2/c1-16-3-2-11-8(13)5-12-18(14,15)9-4-7(10)6-17-9/h4,6,12H,2-3,5,10H2,1H3,(H,11,13). The number of nitrogens with one attached hydrogen (secondary N) is 2. The third-order valence-corrected chi connectivity index (χ3v) is 4.77. The molecule has 0 bridgehead atoms. The van der Waals surface area contributed by atoms with Crippen LogP contribution < -0.4 is 15.8 Å². The number of nitrogen functional groups attached to an aromatic ring is 1. The molecule has 1 aromatic rings. The summed E-state index contributed by atoms with van der Waals surface area (Å²) < 4.78 is 30.5. The Bertz CT molecular complexity index is 498. The van der Waals surface area contributed by atoms with E-state index in [0.29, 0.717) is 18.8 Å². The van der Waals surface area contributed by atoms with E-state index in [-0.39, 0.29) is 10.8 Å². The smallest absolute Gasteiger partial charge is 0.250 e. The highest BCUT2D eigenvalue weighted by Crippen LogP contribution is 2.20. The Morgan fingerprint density at radius 3 is 2.83 bits per heavy atom. The van der Waals surface area contributed by atoms with Gasteiger partial charge in [-0.25, -0.2) is 13.1 Å². The number of ether oxygens (including phenoxy) is 1. The average molecular weight is 293 g/mol. The molecule has 9 heteroatoms. The van der Waals surface area contributed by atoms with Crippen LogP contribution in [0.4, 0.5) is 5.69 Å². The molecule has 0 aliphatic heterocycles. The lowest BCUT2D eigenvalue weighted by Crippen LogP contribution is -2.37. The van der Waals surface area contributed by atoms with E-state index < -0.39 is 15.9 Å². The quantitative estimate of drug-likeness (QED) is 0.580. The molecule has 18 heavy (non-hydrogen) atoms. The molecule has 1 rings (SSSR count). The molecule has 0 fully saturated rings. The minimum atomic E-state index is -3.67. The summed E-state index contributed by atoms with van der Waals surface area (Å²) in [5.41, 5.74) is 5.82. The second-order valence-electron chi connectivity index (χ2n) is 3.37. The molecule has 4 N–H and O–H groups in total. The summed E-state index contributed by atoms with van der Waals surface area (Å²) in [5.74, 6) is -0.417. The van der Waals surface area contributed by atoms with Gasteiger partial charge in [-0.2, -0.15) is 0 Å². The zero-order valence-corrected chi connectivity index (χ0v) is 11.4. The molecule has 0 aliphatic rings. The largest absolute Gasteiger partial charge is 0.398 e. The van der Waals surface area contributed by atoms with Crippen molar-refractivity contribution in [1.29, 1.82) is 0 Å². The predicted octanol–water partition coefficient (Wildman–Crippen LogP) is -0.629. The van der Waals surface area contributed by atoms with Gasteiger partial charge >= 0.3 is 0 Å². The van der Waals surface area contributed by atoms with E-state index in [2.05, 4.69) is 10.0 Å². The van der Waals surface area contributed by atoms with Crippen molar-refractivity contribution in [1.82, 2.24) is 10.0 Å². The molecular weight excluding hydrogens is 278 g/mol. The van der Waals surface area contributed by atoms with Gasteiger partial charge in [-0.3, -0.25) is 4.79 Å². The second kappa shape index (κ2) is 6.69. The first-order valence-corrected chi connectivity index (χ1v) is 7.41. The Morgan fingerprint density at radius 2 is 2.28 bits per heavy atom. The van der Waals surface area contributed by atoms with E-state index >= 15 is 0 Å². The highest BCUT2D eigenvalue weighted by Gasteiger charge is 2.17. The van der Waals surface area contributed by atoms with Crippen molar-refractivity contribution in [3.05, 3.63) is 11.4 Å². The van der Waals surface area contributed by atoms with Crippen LogP contribution in [0, 0.1) is 0 Å². The van der Waals surface area contributed by atoms with E-state index in [0.717, 1.165) is 11.3 Å². The van der Waals surface area contributed by atoms with Crippen molar-refractivity contribution >= 4 is 33.0 Å². The number of nitrogens with two attached hydrogens (primary N) is 1. The Morgan fingerprint density at radius 1 is 1.56 bits per heavy atom. The van der Waals surface area contributed by atoms with Gasteiger partial charge in [0.05, 0.1) is 13.2 Å². The van der Waals surface area contributed by atoms with Crippen LogP contribution in [0.2, 0.25) is 0 Å². The molecule has 1 amide bonds. The topological polar surface area (TPSA) is 111 Å². The van der Waals surface area contributed by atoms with Crippen LogP contribution in [0.1, 0.15) is 0 Å². The van der Waals surface area contributed by atoms with Crippen molar-refractivity contribution in [3.8, 4) is 0 Å². The van der Waals surface area contributed by atoms with Crippen LogP contribution in [-0.2, 0) is 19.6 Å². The molecule has 1 aromatic heterocycles. The number of hydrogen-bond donors (Lipinski definition) is 3. The van der Waals surface area contributed by atoms with E-state index in [9.17, 15) is 13.2 Å². The van der Waals surface area contributed by atoms with Gasteiger partial charge in [0.15, 0.2) is 0 Å². The summed E-state index contributed by atoms with van der Waals surface area (Å²) in [7, 11) is -2.16. The van der Waals surface area contributed by atoms with Gasteiger partial charge in [0.1, 0.15) is 4.21 Å². The molecule has 102 valence electrons. The number of sulfonamides is 1. The minimum absolute atomic E-state index is 0.0877. The zero-order valence-electron chi connectivity index (χ0n) is 9.80. The molecule has 0 saturated heterocycles. The van der Waals surface area contributed by atoms with Crippen LogP contribution in [-0.4, -0.2) is 41.1 Å². The summed E-state index contributed by atoms with van der Waals surface area (Å²) in [6.07, 6.45) is 0. The predicted molar refractivity (Wildman–Crippen MR) is 68.8 cm³/mol. The Kier molecular flexibility index (Phi) is 5.54. The van der Waals surface area contributed by atoms with Gasteiger partial charge in [0, 0.05) is 24.7 Å². The number of amides is 1. The Hall–Kier alpha value is -1.16. The number of anilines is 1. The fraction of sp³-hybridized carbons (Fsp3) is 0.444. The van der Waals surface area contributed by atoms with Gasteiger partial charge in [-0.05, 0) is 6.07 Å². The summed E-state index contributed by atoms with van der Waals surface area (Å²) in [4.78, 5) is 11.3. The van der Waals surface area contributed by atoms with E-state index in [1.807, 2.05) is 0 Å². The maximum Gasteiger partial charge on any atom is 0.250 e. The molecular formula is C9H15N3O4S2. The van der Waals surface area contributed by atoms with E-state index in [1.165, 1.54) is 18.6 Å². The number of rotatable bonds is 7. The summed E-state index contributed by atoms with van der Waals surface area (Å²) in [6.45, 7) is 0.396. The maximum absolute atomic E-state index is 11.7. The second-order valence-corrected chi connectivity index (χ2v) is 6.27. The number of methoxy groups -OCH3 is 1. The normalized spacial score (nSPS) is 11.4. The van der Waals surface area contributed by atoms with Gasteiger partial charge in [-0.15, -0.1) is 11.3 Å². The van der Waals surface area contributed by atoms with Crippen LogP contribution in [0.15, 0.2) is 15.7 Å². The summed E-state index contributed by atoms with van der Waals surface area (Å²) >= 11 is 1.00. The first kappa shape index (κ1) is 14.9. The molecule has 0 unspecified atom stereocenters. The molecule has 0 spiro atoms. The SMILES string of the molecule is COCCNC(=O)CNS(=O)(=O)c1cc(N)cs1. The molecule has 0 aromatic carbocycles. The molecule has 1 heterocycles. The molecule has 0 aliphatic carbocycles. The van der Waals surface area contributed by atoms with Crippen LogP contribution in [0.25, 0.3) is 0 Å². The highest BCUT2D eigenvalue weighted by atomic mass is 32.2. The number of carbonyl (C=O) groups excluding carboxylic acids is 1. The monoisotopic (exact) mass is 293 g/mol. The first-order valence-electron chi connectivity index (χ1n) is 5.05. The van der Waals surface area contributed by atoms with Gasteiger partial charge in [-0.1, -0.05) is 0 Å². The minimum Gasteiger partial charge on any atom is -0.398 e. The lowest BCUT2D eigenvalue weighted by molar-refractivity contribution is -0.120.